The van der Waals surface area contributed by atoms with Gasteiger partial charge in [0.05, 0.1) is 11.6 Å². The van der Waals surface area contributed by atoms with Gasteiger partial charge >= 0.3 is 0 Å². The van der Waals surface area contributed by atoms with Gasteiger partial charge in [-0.3, -0.25) is 9.59 Å². The monoisotopic (exact) mass is 483 g/mol. The minimum absolute atomic E-state index is 0.0486. The third-order valence-corrected chi connectivity index (χ3v) is 7.43. The first-order valence-electron chi connectivity index (χ1n) is 13.3. The van der Waals surface area contributed by atoms with Gasteiger partial charge in [0.2, 0.25) is 0 Å². The number of Topliss-reactive ketones (excluding diaryl/α,β-unsaturated/α-hetero) is 2. The molecule has 2 saturated heterocycles. The van der Waals surface area contributed by atoms with E-state index in [4.69, 9.17) is 15.7 Å². The molecule has 1 aromatic heterocycles. The van der Waals surface area contributed by atoms with Crippen LogP contribution >= 0.6 is 0 Å². The Morgan fingerprint density at radius 1 is 1.03 bits per heavy atom. The van der Waals surface area contributed by atoms with Crippen LogP contribution in [0.2, 0.25) is 0 Å². The average Bonchev–Trinajstić information content (AvgIpc) is 3.17. The van der Waals surface area contributed by atoms with Gasteiger partial charge in [-0.25, -0.2) is 9.97 Å². The summed E-state index contributed by atoms with van der Waals surface area (Å²) in [6, 6.07) is 2.07. The first-order valence-corrected chi connectivity index (χ1v) is 13.3. The van der Waals surface area contributed by atoms with Crippen LogP contribution in [0, 0.1) is 5.92 Å². The topological polar surface area (TPSA) is 108 Å². The summed E-state index contributed by atoms with van der Waals surface area (Å²) in [6.45, 7) is 9.40. The van der Waals surface area contributed by atoms with Gasteiger partial charge in [-0.05, 0) is 39.3 Å². The molecule has 0 spiro atoms. The van der Waals surface area contributed by atoms with Gasteiger partial charge in [0.15, 0.2) is 11.6 Å². The summed E-state index contributed by atoms with van der Waals surface area (Å²) in [6.07, 6.45) is 5.21. The molecule has 192 valence electrons. The lowest BCUT2D eigenvalue weighted by Crippen LogP contribution is -2.45. The molecule has 0 amide bonds. The molecule has 0 radical (unpaired) electrons. The zero-order valence-electron chi connectivity index (χ0n) is 21.4. The summed E-state index contributed by atoms with van der Waals surface area (Å²) in [5.41, 5.74) is 7.55. The van der Waals surface area contributed by atoms with Crippen molar-refractivity contribution in [3.05, 3.63) is 17.5 Å². The first kappa shape index (κ1) is 25.6. The Morgan fingerprint density at radius 3 is 2.43 bits per heavy atom. The number of anilines is 2. The molecule has 9 heteroatoms. The normalized spacial score (nSPS) is 23.1. The highest BCUT2D eigenvalue weighted by atomic mass is 16.2. The smallest absolute Gasteiger partial charge is 0.179 e. The van der Waals surface area contributed by atoms with Crippen molar-refractivity contribution in [3.8, 4) is 0 Å². The average molecular weight is 484 g/mol. The Labute approximate surface area is 209 Å². The van der Waals surface area contributed by atoms with E-state index >= 15 is 0 Å². The van der Waals surface area contributed by atoms with Crippen molar-refractivity contribution in [2.45, 2.75) is 51.9 Å². The quantitative estimate of drug-likeness (QED) is 0.443. The fraction of sp³-hybridized carbons (Fsp3) is 0.692. The number of nitrogens with two attached hydrogens (primary N) is 1. The van der Waals surface area contributed by atoms with Gasteiger partial charge < -0.3 is 25.8 Å². The number of nitrogens with zero attached hydrogens (tertiary/aromatic N) is 5. The molecule has 1 saturated carbocycles. The molecule has 35 heavy (non-hydrogen) atoms. The van der Waals surface area contributed by atoms with Crippen molar-refractivity contribution in [1.29, 1.82) is 0 Å². The summed E-state index contributed by atoms with van der Waals surface area (Å²) >= 11 is 0. The minimum atomic E-state index is -0.569. The van der Waals surface area contributed by atoms with Crippen LogP contribution in [-0.2, 0) is 9.59 Å². The van der Waals surface area contributed by atoms with E-state index in [0.717, 1.165) is 89.7 Å². The molecule has 9 nitrogen and oxygen atoms in total. The Hall–Kier alpha value is -2.52. The molecule has 2 aliphatic heterocycles. The molecule has 3 N–H and O–H groups in total. The van der Waals surface area contributed by atoms with Crippen molar-refractivity contribution in [3.63, 3.8) is 0 Å². The molecule has 1 aliphatic carbocycles. The van der Waals surface area contributed by atoms with E-state index in [2.05, 4.69) is 33.1 Å². The van der Waals surface area contributed by atoms with E-state index in [1.807, 2.05) is 6.92 Å². The van der Waals surface area contributed by atoms with Crippen molar-refractivity contribution in [2.24, 2.45) is 11.7 Å². The Kier molecular flexibility index (Phi) is 8.73. The standard InChI is InChI=1S/C26H41N7O2/c1-3-7-20(25(35)19-8-4-5-9-21(19)34)24(27)26-29-22(32-12-6-10-28-11-13-32)18-23(30-26)33-16-14-31(2)15-17-33/h18-19,28H,3-17,27H2,1-2H3/t19-/m0/s1. The molecule has 1 aromatic rings. The molecule has 0 bridgehead atoms. The number of ketones is 2. The van der Waals surface area contributed by atoms with Crippen LogP contribution in [0.4, 0.5) is 11.6 Å². The van der Waals surface area contributed by atoms with Gasteiger partial charge in [-0.1, -0.05) is 19.8 Å². The maximum Gasteiger partial charge on any atom is 0.179 e. The number of carbonyl (C=O) groups is 2. The number of allylic oxidation sites excluding steroid dienone is 1. The number of hydrogen-bond acceptors (Lipinski definition) is 9. The third kappa shape index (κ3) is 6.19. The second-order valence-electron chi connectivity index (χ2n) is 10.1. The van der Waals surface area contributed by atoms with E-state index in [1.165, 1.54) is 0 Å². The predicted octanol–water partition coefficient (Wildman–Crippen LogP) is 1.83. The number of aromatic nitrogens is 2. The van der Waals surface area contributed by atoms with Gasteiger partial charge in [-0.15, -0.1) is 0 Å². The molecule has 3 heterocycles. The fourth-order valence-electron chi connectivity index (χ4n) is 5.22. The van der Waals surface area contributed by atoms with Gasteiger partial charge in [0.1, 0.15) is 17.4 Å². The third-order valence-electron chi connectivity index (χ3n) is 7.43. The molecule has 4 rings (SSSR count). The Balaban J connectivity index is 1.73. The summed E-state index contributed by atoms with van der Waals surface area (Å²) < 4.78 is 0. The largest absolute Gasteiger partial charge is 0.395 e. The lowest BCUT2D eigenvalue weighted by Gasteiger charge is -2.34. The number of hydrogen-bond donors (Lipinski definition) is 2. The maximum absolute atomic E-state index is 13.5. The Morgan fingerprint density at radius 2 is 1.74 bits per heavy atom. The van der Waals surface area contributed by atoms with Crippen molar-refractivity contribution in [1.82, 2.24) is 20.2 Å². The minimum Gasteiger partial charge on any atom is -0.395 e. The van der Waals surface area contributed by atoms with Gasteiger partial charge in [-0.2, -0.15) is 0 Å². The number of likely N-dealkylation sites (N-methyl/N-ethyl adjacent to an activating group) is 1. The second kappa shape index (κ2) is 11.9. The SMILES string of the molecule is CCCC(C(=O)[C@H]1CCCCC1=O)=C(N)c1nc(N2CCCNCC2)cc(N2CCN(C)CC2)n1. The maximum atomic E-state index is 13.5. The highest BCUT2D eigenvalue weighted by molar-refractivity contribution is 6.13. The summed E-state index contributed by atoms with van der Waals surface area (Å²) in [7, 11) is 2.13. The lowest BCUT2D eigenvalue weighted by molar-refractivity contribution is -0.132. The number of piperazine rings is 1. The first-order chi connectivity index (χ1) is 17.0. The van der Waals surface area contributed by atoms with Crippen LogP contribution in [0.15, 0.2) is 11.6 Å². The zero-order chi connectivity index (χ0) is 24.8. The van der Waals surface area contributed by atoms with E-state index < -0.39 is 5.92 Å². The van der Waals surface area contributed by atoms with E-state index in [9.17, 15) is 9.59 Å². The molecule has 0 aromatic carbocycles. The van der Waals surface area contributed by atoms with Crippen LogP contribution in [0.5, 0.6) is 0 Å². The van der Waals surface area contributed by atoms with Crippen LogP contribution in [0.3, 0.4) is 0 Å². The van der Waals surface area contributed by atoms with Crippen LogP contribution < -0.4 is 20.9 Å². The predicted molar refractivity (Wildman–Crippen MR) is 139 cm³/mol. The molecule has 1 atom stereocenters. The molecule has 3 fully saturated rings. The lowest BCUT2D eigenvalue weighted by atomic mass is 9.81. The van der Waals surface area contributed by atoms with Crippen LogP contribution in [-0.4, -0.2) is 85.8 Å². The fourth-order valence-corrected chi connectivity index (χ4v) is 5.22. The van der Waals surface area contributed by atoms with Crippen LogP contribution in [0.25, 0.3) is 5.70 Å². The van der Waals surface area contributed by atoms with E-state index in [1.54, 1.807) is 0 Å². The number of rotatable bonds is 7. The summed E-state index contributed by atoms with van der Waals surface area (Å²) in [5, 5.41) is 3.45. The second-order valence-corrected chi connectivity index (χ2v) is 10.1. The Bertz CT molecular complexity index is 932. The molecule has 0 unspecified atom stereocenters. The van der Waals surface area contributed by atoms with Crippen molar-refractivity contribution < 1.29 is 9.59 Å². The molecule has 3 aliphatic rings. The molecular weight excluding hydrogens is 442 g/mol. The van der Waals surface area contributed by atoms with Gasteiger partial charge in [0.25, 0.3) is 0 Å². The molecular formula is C26H41N7O2. The number of nitrogens with one attached hydrogen (secondary N) is 1. The highest BCUT2D eigenvalue weighted by Crippen LogP contribution is 2.29. The van der Waals surface area contributed by atoms with E-state index in [0.29, 0.717) is 36.4 Å². The highest BCUT2D eigenvalue weighted by Gasteiger charge is 2.32. The van der Waals surface area contributed by atoms with E-state index in [-0.39, 0.29) is 11.6 Å². The summed E-state index contributed by atoms with van der Waals surface area (Å²) in [5.74, 6) is 1.48. The van der Waals surface area contributed by atoms with Gasteiger partial charge in [0, 0.05) is 63.9 Å². The van der Waals surface area contributed by atoms with Crippen LogP contribution in [0.1, 0.15) is 57.7 Å². The van der Waals surface area contributed by atoms with Crippen molar-refractivity contribution in [2.75, 3.05) is 69.2 Å². The zero-order valence-corrected chi connectivity index (χ0v) is 21.4. The summed E-state index contributed by atoms with van der Waals surface area (Å²) in [4.78, 5) is 42.7. The number of carbonyl (C=O) groups excluding carboxylic acids is 2. The van der Waals surface area contributed by atoms with Crippen molar-refractivity contribution >= 4 is 28.9 Å².